The van der Waals surface area contributed by atoms with Crippen molar-refractivity contribution in [3.8, 4) is 0 Å². The van der Waals surface area contributed by atoms with E-state index in [0.29, 0.717) is 6.61 Å². The first-order valence-corrected chi connectivity index (χ1v) is 5.75. The quantitative estimate of drug-likeness (QED) is 0.851. The van der Waals surface area contributed by atoms with Crippen LogP contribution in [0, 0.1) is 0 Å². The number of aliphatic hydroxyl groups excluding tert-OH is 1. The topological polar surface area (TPSA) is 38.7 Å². The van der Waals surface area contributed by atoms with Crippen LogP contribution in [0.5, 0.6) is 0 Å². The largest absolute Gasteiger partial charge is 0.390 e. The fourth-order valence-corrected chi connectivity index (χ4v) is 1.83. The normalized spacial score (nSPS) is 30.2. The molecule has 0 unspecified atom stereocenters. The molecule has 1 aromatic rings. The van der Waals surface area contributed by atoms with E-state index in [2.05, 4.69) is 0 Å². The fourth-order valence-electron chi connectivity index (χ4n) is 1.83. The van der Waals surface area contributed by atoms with Gasteiger partial charge < -0.3 is 14.6 Å². The van der Waals surface area contributed by atoms with E-state index < -0.39 is 0 Å². The van der Waals surface area contributed by atoms with Crippen molar-refractivity contribution >= 4 is 0 Å². The fraction of sp³-hybridized carbons (Fsp3) is 0.538. The highest BCUT2D eigenvalue weighted by Crippen LogP contribution is 2.21. The van der Waals surface area contributed by atoms with E-state index in [1.165, 1.54) is 0 Å². The van der Waals surface area contributed by atoms with Crippen molar-refractivity contribution in [3.63, 3.8) is 0 Å². The number of ether oxygens (including phenoxy) is 2. The third-order valence-corrected chi connectivity index (χ3v) is 2.89. The van der Waals surface area contributed by atoms with Crippen LogP contribution in [0.4, 0.5) is 0 Å². The Hall–Kier alpha value is -0.900. The molecule has 0 amide bonds. The van der Waals surface area contributed by atoms with Gasteiger partial charge in [0, 0.05) is 6.42 Å². The molecule has 1 saturated heterocycles. The predicted molar refractivity (Wildman–Crippen MR) is 60.8 cm³/mol. The van der Waals surface area contributed by atoms with Gasteiger partial charge in [-0.05, 0) is 18.9 Å². The van der Waals surface area contributed by atoms with Gasteiger partial charge in [-0.1, -0.05) is 30.3 Å². The van der Waals surface area contributed by atoms with Crippen molar-refractivity contribution in [1.29, 1.82) is 0 Å². The first kappa shape index (κ1) is 11.6. The van der Waals surface area contributed by atoms with Crippen molar-refractivity contribution in [1.82, 2.24) is 0 Å². The van der Waals surface area contributed by atoms with Crippen molar-refractivity contribution in [3.05, 3.63) is 35.9 Å². The standard InChI is InChI=1S/C13H18O3/c1-10-12(14)7-8-13(16-10)15-9-11-5-3-2-4-6-11/h2-6,10,12-14H,7-9H2,1H3/t10-,12+,13-/m0/s1. The molecule has 16 heavy (non-hydrogen) atoms. The molecule has 1 aromatic carbocycles. The van der Waals surface area contributed by atoms with Gasteiger partial charge >= 0.3 is 0 Å². The summed E-state index contributed by atoms with van der Waals surface area (Å²) in [5, 5.41) is 9.50. The van der Waals surface area contributed by atoms with Gasteiger partial charge in [-0.3, -0.25) is 0 Å². The molecule has 1 aliphatic heterocycles. The molecule has 0 aromatic heterocycles. The maximum absolute atomic E-state index is 9.50. The number of rotatable bonds is 3. The zero-order chi connectivity index (χ0) is 11.4. The van der Waals surface area contributed by atoms with Crippen LogP contribution in [0.2, 0.25) is 0 Å². The van der Waals surface area contributed by atoms with E-state index in [4.69, 9.17) is 9.47 Å². The van der Waals surface area contributed by atoms with Crippen LogP contribution in [0.25, 0.3) is 0 Å². The second-order valence-corrected chi connectivity index (χ2v) is 4.21. The third kappa shape index (κ3) is 3.04. The van der Waals surface area contributed by atoms with E-state index in [-0.39, 0.29) is 18.5 Å². The highest BCUT2D eigenvalue weighted by atomic mass is 16.7. The van der Waals surface area contributed by atoms with E-state index in [0.717, 1.165) is 18.4 Å². The molecular formula is C13H18O3. The average Bonchev–Trinajstić information content (AvgIpc) is 2.32. The van der Waals surface area contributed by atoms with Crippen molar-refractivity contribution < 1.29 is 14.6 Å². The first-order chi connectivity index (χ1) is 7.75. The lowest BCUT2D eigenvalue weighted by Gasteiger charge is -2.31. The van der Waals surface area contributed by atoms with Gasteiger partial charge in [0.25, 0.3) is 0 Å². The van der Waals surface area contributed by atoms with E-state index in [1.54, 1.807) is 0 Å². The minimum atomic E-state index is -0.350. The van der Waals surface area contributed by atoms with Crippen LogP contribution in [-0.4, -0.2) is 23.6 Å². The summed E-state index contributed by atoms with van der Waals surface area (Å²) >= 11 is 0. The Labute approximate surface area is 96.0 Å². The Balaban J connectivity index is 1.79. The number of hydrogen-bond acceptors (Lipinski definition) is 3. The summed E-state index contributed by atoms with van der Waals surface area (Å²) in [6, 6.07) is 10.0. The van der Waals surface area contributed by atoms with Crippen LogP contribution in [0.1, 0.15) is 25.3 Å². The Morgan fingerprint density at radius 3 is 2.75 bits per heavy atom. The summed E-state index contributed by atoms with van der Waals surface area (Å²) < 4.78 is 11.2. The summed E-state index contributed by atoms with van der Waals surface area (Å²) in [5.41, 5.74) is 1.14. The molecule has 3 nitrogen and oxygen atoms in total. The third-order valence-electron chi connectivity index (χ3n) is 2.89. The van der Waals surface area contributed by atoms with Crippen molar-refractivity contribution in [2.45, 2.75) is 44.9 Å². The van der Waals surface area contributed by atoms with E-state index in [1.807, 2.05) is 37.3 Å². The second-order valence-electron chi connectivity index (χ2n) is 4.21. The molecule has 2 rings (SSSR count). The van der Waals surface area contributed by atoms with Crippen molar-refractivity contribution in [2.24, 2.45) is 0 Å². The van der Waals surface area contributed by atoms with Gasteiger partial charge in [0.05, 0.1) is 18.8 Å². The summed E-state index contributed by atoms with van der Waals surface area (Å²) in [6.07, 6.45) is 0.851. The number of aliphatic hydroxyl groups is 1. The number of benzene rings is 1. The van der Waals surface area contributed by atoms with Crippen LogP contribution in [0.3, 0.4) is 0 Å². The maximum atomic E-state index is 9.50. The minimum Gasteiger partial charge on any atom is -0.390 e. The molecular weight excluding hydrogens is 204 g/mol. The summed E-state index contributed by atoms with van der Waals surface area (Å²) in [5.74, 6) is 0. The van der Waals surface area contributed by atoms with Gasteiger partial charge in [0.15, 0.2) is 6.29 Å². The first-order valence-electron chi connectivity index (χ1n) is 5.75. The van der Waals surface area contributed by atoms with Crippen LogP contribution >= 0.6 is 0 Å². The molecule has 3 atom stereocenters. The lowest BCUT2D eigenvalue weighted by molar-refractivity contribution is -0.221. The Kier molecular flexibility index (Phi) is 3.93. The van der Waals surface area contributed by atoms with Crippen LogP contribution < -0.4 is 0 Å². The van der Waals surface area contributed by atoms with Crippen LogP contribution in [0.15, 0.2) is 30.3 Å². The molecule has 0 bridgehead atoms. The Morgan fingerprint density at radius 1 is 1.31 bits per heavy atom. The zero-order valence-electron chi connectivity index (χ0n) is 9.50. The molecule has 1 aliphatic rings. The van der Waals surface area contributed by atoms with E-state index >= 15 is 0 Å². The molecule has 0 saturated carbocycles. The van der Waals surface area contributed by atoms with E-state index in [9.17, 15) is 5.11 Å². The molecule has 0 radical (unpaired) electrons. The second kappa shape index (κ2) is 5.43. The lowest BCUT2D eigenvalue weighted by atomic mass is 10.1. The minimum absolute atomic E-state index is 0.130. The van der Waals surface area contributed by atoms with Gasteiger partial charge in [0.2, 0.25) is 0 Å². The summed E-state index contributed by atoms with van der Waals surface area (Å²) in [6.45, 7) is 2.44. The highest BCUT2D eigenvalue weighted by molar-refractivity contribution is 5.13. The maximum Gasteiger partial charge on any atom is 0.158 e. The predicted octanol–water partition coefficient (Wildman–Crippen LogP) is 2.09. The lowest BCUT2D eigenvalue weighted by Crippen LogP contribution is -2.37. The van der Waals surface area contributed by atoms with Gasteiger partial charge in [-0.25, -0.2) is 0 Å². The Bertz CT molecular complexity index is 312. The molecule has 0 spiro atoms. The highest BCUT2D eigenvalue weighted by Gasteiger charge is 2.26. The monoisotopic (exact) mass is 222 g/mol. The molecule has 1 fully saturated rings. The van der Waals surface area contributed by atoms with Gasteiger partial charge in [-0.2, -0.15) is 0 Å². The molecule has 1 heterocycles. The molecule has 3 heteroatoms. The smallest absolute Gasteiger partial charge is 0.158 e. The van der Waals surface area contributed by atoms with Crippen LogP contribution in [-0.2, 0) is 16.1 Å². The average molecular weight is 222 g/mol. The van der Waals surface area contributed by atoms with Gasteiger partial charge in [0.1, 0.15) is 0 Å². The number of hydrogen-bond donors (Lipinski definition) is 1. The van der Waals surface area contributed by atoms with Gasteiger partial charge in [-0.15, -0.1) is 0 Å². The zero-order valence-corrected chi connectivity index (χ0v) is 9.50. The SMILES string of the molecule is C[C@@H]1O[C@H](OCc2ccccc2)CC[C@H]1O. The molecule has 1 N–H and O–H groups in total. The van der Waals surface area contributed by atoms with Crippen molar-refractivity contribution in [2.75, 3.05) is 0 Å². The summed E-state index contributed by atoms with van der Waals surface area (Å²) in [4.78, 5) is 0. The molecule has 0 aliphatic carbocycles. The Morgan fingerprint density at radius 2 is 2.06 bits per heavy atom. The molecule has 88 valence electrons. The summed E-state index contributed by atoms with van der Waals surface area (Å²) in [7, 11) is 0.